The van der Waals surface area contributed by atoms with Gasteiger partial charge < -0.3 is 20.8 Å². The maximum absolute atomic E-state index is 11.5. The highest BCUT2D eigenvalue weighted by molar-refractivity contribution is 5.75. The molecule has 0 aliphatic heterocycles. The van der Waals surface area contributed by atoms with Gasteiger partial charge in [-0.1, -0.05) is 84.0 Å². The Morgan fingerprint density at radius 3 is 1.57 bits per heavy atom. The van der Waals surface area contributed by atoms with Crippen molar-refractivity contribution in [3.63, 3.8) is 0 Å². The molecular weight excluding hydrogens is 356 g/mol. The molecular formula is C22H44N2O4. The van der Waals surface area contributed by atoms with E-state index in [2.05, 4.69) is 17.6 Å². The average molecular weight is 401 g/mol. The van der Waals surface area contributed by atoms with Gasteiger partial charge in [0.05, 0.1) is 24.8 Å². The first-order valence-corrected chi connectivity index (χ1v) is 11.3. The summed E-state index contributed by atoms with van der Waals surface area (Å²) in [4.78, 5) is 22.9. The van der Waals surface area contributed by atoms with Crippen LogP contribution in [0.15, 0.2) is 0 Å². The van der Waals surface area contributed by atoms with E-state index < -0.39 is 18.8 Å². The van der Waals surface area contributed by atoms with Gasteiger partial charge in [-0.15, -0.1) is 0 Å². The van der Waals surface area contributed by atoms with Crippen LogP contribution in [0.25, 0.3) is 0 Å². The minimum atomic E-state index is -1.10. The van der Waals surface area contributed by atoms with Crippen LogP contribution in [0, 0.1) is 0 Å². The Labute approximate surface area is 171 Å². The van der Waals surface area contributed by atoms with E-state index in [9.17, 15) is 19.8 Å². The van der Waals surface area contributed by atoms with Crippen LogP contribution in [0.2, 0.25) is 0 Å². The van der Waals surface area contributed by atoms with Crippen LogP contribution in [0.1, 0.15) is 104 Å². The van der Waals surface area contributed by atoms with Crippen molar-refractivity contribution >= 4 is 11.8 Å². The van der Waals surface area contributed by atoms with Crippen molar-refractivity contribution < 1.29 is 19.8 Å². The number of unbranched alkanes of at least 4 members (excludes halogenated alkanes) is 11. The largest absolute Gasteiger partial charge is 0.394 e. The number of aliphatic hydroxyl groups excluding tert-OH is 2. The second kappa shape index (κ2) is 17.9. The quantitative estimate of drug-likeness (QED) is 0.265. The Hall–Kier alpha value is -1.14. The fraction of sp³-hybridized carbons (Fsp3) is 0.909. The zero-order valence-corrected chi connectivity index (χ0v) is 18.3. The van der Waals surface area contributed by atoms with E-state index in [1.807, 2.05) is 0 Å². The van der Waals surface area contributed by atoms with E-state index in [0.29, 0.717) is 6.42 Å². The maximum Gasteiger partial charge on any atom is 0.217 e. The third-order valence-corrected chi connectivity index (χ3v) is 5.16. The summed E-state index contributed by atoms with van der Waals surface area (Å²) in [5.74, 6) is -0.494. The third-order valence-electron chi connectivity index (χ3n) is 5.16. The molecule has 0 heterocycles. The molecule has 0 aromatic carbocycles. The summed E-state index contributed by atoms with van der Waals surface area (Å²) in [5, 5.41) is 24.8. The molecule has 0 aromatic rings. The molecule has 6 heteroatoms. The molecule has 0 radical (unpaired) electrons. The van der Waals surface area contributed by atoms with Gasteiger partial charge in [0, 0.05) is 13.8 Å². The van der Waals surface area contributed by atoms with Gasteiger partial charge in [-0.05, 0) is 6.42 Å². The molecule has 0 spiro atoms. The molecule has 0 aliphatic rings. The highest BCUT2D eigenvalue weighted by Gasteiger charge is 2.29. The predicted octanol–water partition coefficient (Wildman–Crippen LogP) is 3.44. The minimum absolute atomic E-state index is 0.204. The van der Waals surface area contributed by atoms with Gasteiger partial charge in [0.1, 0.15) is 0 Å². The van der Waals surface area contributed by atoms with E-state index in [4.69, 9.17) is 0 Å². The molecule has 0 rings (SSSR count). The van der Waals surface area contributed by atoms with Gasteiger partial charge in [-0.2, -0.15) is 0 Å². The van der Waals surface area contributed by atoms with E-state index in [1.165, 1.54) is 71.6 Å². The molecule has 6 nitrogen and oxygen atoms in total. The summed E-state index contributed by atoms with van der Waals surface area (Å²) < 4.78 is 0. The zero-order valence-electron chi connectivity index (χ0n) is 18.3. The lowest BCUT2D eigenvalue weighted by Gasteiger charge is -2.31. The van der Waals surface area contributed by atoms with Crippen molar-refractivity contribution in [2.75, 3.05) is 6.61 Å². The zero-order chi connectivity index (χ0) is 21.2. The Bertz CT molecular complexity index is 404. The summed E-state index contributed by atoms with van der Waals surface area (Å²) in [6.07, 6.45) is 14.6. The van der Waals surface area contributed by atoms with Crippen LogP contribution >= 0.6 is 0 Å². The van der Waals surface area contributed by atoms with Crippen LogP contribution in [0.5, 0.6) is 0 Å². The van der Waals surface area contributed by atoms with Crippen LogP contribution in [0.3, 0.4) is 0 Å². The van der Waals surface area contributed by atoms with Crippen molar-refractivity contribution in [1.29, 1.82) is 0 Å². The summed E-state index contributed by atoms with van der Waals surface area (Å²) in [7, 11) is 0. The molecule has 4 N–H and O–H groups in total. The normalized spacial score (nSPS) is 14.3. The van der Waals surface area contributed by atoms with Crippen molar-refractivity contribution in [1.82, 2.24) is 10.6 Å². The number of hydrogen-bond acceptors (Lipinski definition) is 4. The van der Waals surface area contributed by atoms with Gasteiger partial charge in [0.2, 0.25) is 11.8 Å². The lowest BCUT2D eigenvalue weighted by Crippen LogP contribution is -2.57. The van der Waals surface area contributed by atoms with Gasteiger partial charge in [0.15, 0.2) is 0 Å². The number of rotatable bonds is 18. The fourth-order valence-corrected chi connectivity index (χ4v) is 3.62. The Morgan fingerprint density at radius 1 is 0.750 bits per heavy atom. The molecule has 0 aliphatic carbocycles. The van der Waals surface area contributed by atoms with E-state index in [-0.39, 0.29) is 17.9 Å². The Balaban J connectivity index is 4.05. The lowest BCUT2D eigenvalue weighted by atomic mass is 9.96. The van der Waals surface area contributed by atoms with Crippen molar-refractivity contribution in [3.8, 4) is 0 Å². The number of carbonyl (C=O) groups is 2. The lowest BCUT2D eigenvalue weighted by molar-refractivity contribution is -0.123. The highest BCUT2D eigenvalue weighted by Crippen LogP contribution is 2.15. The molecule has 0 fully saturated rings. The SMILES string of the molecule is CCCCCCCCCCCCCC[C@@H](NC(C)=O)[C@@H](NC(C)=O)[C@H](O)CO. The van der Waals surface area contributed by atoms with Crippen molar-refractivity contribution in [3.05, 3.63) is 0 Å². The summed E-state index contributed by atoms with van der Waals surface area (Å²) in [5.41, 5.74) is 0. The Kier molecular flexibility index (Phi) is 17.2. The topological polar surface area (TPSA) is 98.7 Å². The van der Waals surface area contributed by atoms with Crippen LogP contribution in [-0.4, -0.2) is 46.8 Å². The Morgan fingerprint density at radius 2 is 1.18 bits per heavy atom. The van der Waals surface area contributed by atoms with Crippen LogP contribution in [0.4, 0.5) is 0 Å². The summed E-state index contributed by atoms with van der Waals surface area (Å²) in [6.45, 7) is 4.57. The fourth-order valence-electron chi connectivity index (χ4n) is 3.62. The molecule has 0 bridgehead atoms. The maximum atomic E-state index is 11.5. The molecule has 0 saturated heterocycles. The molecule has 0 aromatic heterocycles. The molecule has 28 heavy (non-hydrogen) atoms. The molecule has 0 unspecified atom stereocenters. The van der Waals surface area contributed by atoms with E-state index in [0.717, 1.165) is 19.3 Å². The molecule has 3 atom stereocenters. The molecule has 0 saturated carbocycles. The smallest absolute Gasteiger partial charge is 0.217 e. The molecule has 2 amide bonds. The van der Waals surface area contributed by atoms with Gasteiger partial charge in [0.25, 0.3) is 0 Å². The second-order valence-electron chi connectivity index (χ2n) is 7.96. The number of carbonyl (C=O) groups excluding carboxylic acids is 2. The first-order valence-electron chi connectivity index (χ1n) is 11.3. The van der Waals surface area contributed by atoms with Gasteiger partial charge in [-0.25, -0.2) is 0 Å². The predicted molar refractivity (Wildman–Crippen MR) is 114 cm³/mol. The van der Waals surface area contributed by atoms with E-state index >= 15 is 0 Å². The van der Waals surface area contributed by atoms with Gasteiger partial charge in [-0.3, -0.25) is 9.59 Å². The second-order valence-corrected chi connectivity index (χ2v) is 7.96. The number of nitrogens with one attached hydrogen (secondary N) is 2. The third kappa shape index (κ3) is 14.9. The highest BCUT2D eigenvalue weighted by atomic mass is 16.3. The molecule has 166 valence electrons. The van der Waals surface area contributed by atoms with Crippen LogP contribution in [-0.2, 0) is 9.59 Å². The number of aliphatic hydroxyl groups is 2. The monoisotopic (exact) mass is 400 g/mol. The minimum Gasteiger partial charge on any atom is -0.394 e. The number of hydrogen-bond donors (Lipinski definition) is 4. The van der Waals surface area contributed by atoms with Crippen LogP contribution < -0.4 is 10.6 Å². The average Bonchev–Trinajstić information content (AvgIpc) is 2.65. The van der Waals surface area contributed by atoms with Gasteiger partial charge >= 0.3 is 0 Å². The first kappa shape index (κ1) is 26.9. The van der Waals surface area contributed by atoms with Crippen molar-refractivity contribution in [2.45, 2.75) is 122 Å². The summed E-state index contributed by atoms with van der Waals surface area (Å²) in [6, 6.07) is -1.06. The number of amides is 2. The summed E-state index contributed by atoms with van der Waals surface area (Å²) >= 11 is 0. The van der Waals surface area contributed by atoms with E-state index in [1.54, 1.807) is 0 Å². The standard InChI is InChI=1S/C22H44N2O4/c1-4-5-6-7-8-9-10-11-12-13-14-15-16-20(23-18(2)26)22(21(28)17-25)24-19(3)27/h20-22,25,28H,4-17H2,1-3H3,(H,23,26)(H,24,27)/t20-,21-,22-/m1/s1. The van der Waals surface area contributed by atoms with Crippen molar-refractivity contribution in [2.24, 2.45) is 0 Å². The first-order chi connectivity index (χ1) is 13.4.